The predicted molar refractivity (Wildman–Crippen MR) is 66.3 cm³/mol. The smallest absolute Gasteiger partial charge is 0.306 e. The molecule has 0 saturated heterocycles. The normalized spacial score (nSPS) is 28.2. The number of aliphatic hydroxyl groups is 1. The van der Waals surface area contributed by atoms with Crippen molar-refractivity contribution in [2.75, 3.05) is 5.75 Å². The lowest BCUT2D eigenvalue weighted by Crippen LogP contribution is -2.38. The van der Waals surface area contributed by atoms with Crippen molar-refractivity contribution in [1.82, 2.24) is 14.8 Å². The lowest BCUT2D eigenvalue weighted by atomic mass is 9.80. The first-order valence-corrected chi connectivity index (χ1v) is 6.91. The molecule has 2 N–H and O–H groups in total. The number of hydrogen-bond donors (Lipinski definition) is 2. The fourth-order valence-electron chi connectivity index (χ4n) is 2.16. The van der Waals surface area contributed by atoms with E-state index < -0.39 is 11.6 Å². The second-order valence-electron chi connectivity index (χ2n) is 4.79. The van der Waals surface area contributed by atoms with E-state index in [1.165, 1.54) is 18.1 Å². The maximum Gasteiger partial charge on any atom is 0.306 e. The fraction of sp³-hybridized carbons (Fsp3) is 0.727. The van der Waals surface area contributed by atoms with Crippen molar-refractivity contribution in [2.24, 2.45) is 13.0 Å². The van der Waals surface area contributed by atoms with E-state index in [0.717, 1.165) is 5.16 Å². The Morgan fingerprint density at radius 2 is 2.28 bits per heavy atom. The standard InChI is InChI=1S/C11H17N3O3S/c1-14-10(12-7-13-14)18-6-11(17)4-2-8(3-5-11)9(15)16/h7-8,17H,2-6H2,1H3,(H,15,16). The molecule has 0 bridgehead atoms. The molecule has 2 rings (SSSR count). The molecule has 1 aliphatic rings. The van der Waals surface area contributed by atoms with Crippen molar-refractivity contribution in [3.63, 3.8) is 0 Å². The second-order valence-corrected chi connectivity index (χ2v) is 5.73. The monoisotopic (exact) mass is 271 g/mol. The van der Waals surface area contributed by atoms with Crippen LogP contribution in [0.1, 0.15) is 25.7 Å². The van der Waals surface area contributed by atoms with Gasteiger partial charge in [0.15, 0.2) is 5.16 Å². The van der Waals surface area contributed by atoms with Crippen molar-refractivity contribution >= 4 is 17.7 Å². The molecule has 0 atom stereocenters. The zero-order valence-corrected chi connectivity index (χ0v) is 11.1. The van der Waals surface area contributed by atoms with E-state index in [9.17, 15) is 9.90 Å². The van der Waals surface area contributed by atoms with Gasteiger partial charge in [-0.15, -0.1) is 0 Å². The van der Waals surface area contributed by atoms with Gasteiger partial charge in [0.2, 0.25) is 0 Å². The van der Waals surface area contributed by atoms with E-state index in [1.54, 1.807) is 11.7 Å². The van der Waals surface area contributed by atoms with Crippen molar-refractivity contribution in [3.05, 3.63) is 6.33 Å². The van der Waals surface area contributed by atoms with Gasteiger partial charge in [0, 0.05) is 12.8 Å². The number of nitrogens with zero attached hydrogens (tertiary/aromatic N) is 3. The average molecular weight is 271 g/mol. The average Bonchev–Trinajstić information content (AvgIpc) is 2.73. The van der Waals surface area contributed by atoms with E-state index in [-0.39, 0.29) is 5.92 Å². The maximum atomic E-state index is 10.8. The Morgan fingerprint density at radius 3 is 2.78 bits per heavy atom. The van der Waals surface area contributed by atoms with Gasteiger partial charge >= 0.3 is 5.97 Å². The van der Waals surface area contributed by atoms with E-state index >= 15 is 0 Å². The molecule has 0 amide bonds. The highest BCUT2D eigenvalue weighted by Gasteiger charge is 2.36. The number of hydrogen-bond acceptors (Lipinski definition) is 5. The summed E-state index contributed by atoms with van der Waals surface area (Å²) in [6.07, 6.45) is 3.65. The Balaban J connectivity index is 1.86. The Bertz CT molecular complexity index is 427. The van der Waals surface area contributed by atoms with Gasteiger partial charge in [-0.1, -0.05) is 11.8 Å². The highest BCUT2D eigenvalue weighted by atomic mass is 32.2. The van der Waals surface area contributed by atoms with E-state index in [0.29, 0.717) is 31.4 Å². The van der Waals surface area contributed by atoms with Crippen LogP contribution in [0.15, 0.2) is 11.5 Å². The summed E-state index contributed by atoms with van der Waals surface area (Å²) in [5, 5.41) is 24.0. The lowest BCUT2D eigenvalue weighted by molar-refractivity contribution is -0.144. The molecule has 1 aromatic heterocycles. The molecule has 6 nitrogen and oxygen atoms in total. The van der Waals surface area contributed by atoms with Crippen LogP contribution in [0, 0.1) is 5.92 Å². The fourth-order valence-corrected chi connectivity index (χ4v) is 3.20. The summed E-state index contributed by atoms with van der Waals surface area (Å²) in [6, 6.07) is 0. The van der Waals surface area contributed by atoms with Gasteiger partial charge in [0.1, 0.15) is 6.33 Å². The number of rotatable bonds is 4. The molecule has 0 spiro atoms. The lowest BCUT2D eigenvalue weighted by Gasteiger charge is -2.34. The van der Waals surface area contributed by atoms with Crippen LogP contribution in [-0.2, 0) is 11.8 Å². The molecule has 100 valence electrons. The highest BCUT2D eigenvalue weighted by molar-refractivity contribution is 7.99. The molecule has 1 heterocycles. The van der Waals surface area contributed by atoms with Crippen LogP contribution in [-0.4, -0.2) is 42.3 Å². The highest BCUT2D eigenvalue weighted by Crippen LogP contribution is 2.35. The van der Waals surface area contributed by atoms with Crippen LogP contribution in [0.2, 0.25) is 0 Å². The summed E-state index contributed by atoms with van der Waals surface area (Å²) in [5.74, 6) is -0.519. The number of aryl methyl sites for hydroxylation is 1. The maximum absolute atomic E-state index is 10.8. The van der Waals surface area contributed by atoms with Gasteiger partial charge in [-0.25, -0.2) is 9.67 Å². The summed E-state index contributed by atoms with van der Waals surface area (Å²) < 4.78 is 1.66. The third kappa shape index (κ3) is 3.02. The van der Waals surface area contributed by atoms with E-state index in [1.807, 2.05) is 0 Å². The molecule has 0 radical (unpaired) electrons. The zero-order valence-electron chi connectivity index (χ0n) is 10.2. The van der Waals surface area contributed by atoms with Crippen LogP contribution in [0.4, 0.5) is 0 Å². The first-order chi connectivity index (χ1) is 8.50. The van der Waals surface area contributed by atoms with Crippen LogP contribution >= 0.6 is 11.8 Å². The minimum absolute atomic E-state index is 0.301. The molecular weight excluding hydrogens is 254 g/mol. The van der Waals surface area contributed by atoms with Gasteiger partial charge in [-0.2, -0.15) is 5.10 Å². The molecule has 0 aliphatic heterocycles. The Kier molecular flexibility index (Phi) is 3.91. The summed E-state index contributed by atoms with van der Waals surface area (Å²) in [5.41, 5.74) is -0.775. The number of aliphatic carboxylic acids is 1. The van der Waals surface area contributed by atoms with Crippen molar-refractivity contribution < 1.29 is 15.0 Å². The zero-order chi connectivity index (χ0) is 13.2. The van der Waals surface area contributed by atoms with Gasteiger partial charge in [-0.3, -0.25) is 4.79 Å². The third-order valence-electron chi connectivity index (χ3n) is 3.41. The molecule has 1 aliphatic carbocycles. The molecule has 1 saturated carbocycles. The summed E-state index contributed by atoms with van der Waals surface area (Å²) in [4.78, 5) is 14.9. The topological polar surface area (TPSA) is 88.2 Å². The number of aromatic nitrogens is 3. The minimum atomic E-state index is -0.775. The Morgan fingerprint density at radius 1 is 1.61 bits per heavy atom. The molecular formula is C11H17N3O3S. The summed E-state index contributed by atoms with van der Waals surface area (Å²) in [6.45, 7) is 0. The molecule has 0 aromatic carbocycles. The van der Waals surface area contributed by atoms with Gasteiger partial charge in [0.25, 0.3) is 0 Å². The molecule has 18 heavy (non-hydrogen) atoms. The van der Waals surface area contributed by atoms with Crippen molar-refractivity contribution in [3.8, 4) is 0 Å². The summed E-state index contributed by atoms with van der Waals surface area (Å²) >= 11 is 1.46. The first-order valence-electron chi connectivity index (χ1n) is 5.92. The van der Waals surface area contributed by atoms with Crippen LogP contribution in [0.25, 0.3) is 0 Å². The van der Waals surface area contributed by atoms with Crippen LogP contribution in [0.5, 0.6) is 0 Å². The number of carboxylic acid groups (broad SMARTS) is 1. The third-order valence-corrected chi connectivity index (χ3v) is 4.71. The number of carbonyl (C=O) groups is 1. The van der Waals surface area contributed by atoms with Gasteiger partial charge < -0.3 is 10.2 Å². The van der Waals surface area contributed by atoms with Crippen LogP contribution in [0.3, 0.4) is 0 Å². The van der Waals surface area contributed by atoms with E-state index in [2.05, 4.69) is 10.1 Å². The molecule has 0 unspecified atom stereocenters. The van der Waals surface area contributed by atoms with Gasteiger partial charge in [-0.05, 0) is 25.7 Å². The van der Waals surface area contributed by atoms with E-state index in [4.69, 9.17) is 5.11 Å². The largest absolute Gasteiger partial charge is 0.481 e. The minimum Gasteiger partial charge on any atom is -0.481 e. The SMILES string of the molecule is Cn1ncnc1SCC1(O)CCC(C(=O)O)CC1. The second kappa shape index (κ2) is 5.27. The summed E-state index contributed by atoms with van der Waals surface area (Å²) in [7, 11) is 1.81. The molecule has 1 aromatic rings. The quantitative estimate of drug-likeness (QED) is 0.791. The predicted octanol–water partition coefficient (Wildman–Crippen LogP) is 0.913. The Labute approximate surface area is 109 Å². The number of carboxylic acids is 1. The van der Waals surface area contributed by atoms with Gasteiger partial charge in [0.05, 0.1) is 11.5 Å². The molecule has 1 fully saturated rings. The first kappa shape index (κ1) is 13.4. The van der Waals surface area contributed by atoms with Crippen molar-refractivity contribution in [1.29, 1.82) is 0 Å². The Hall–Kier alpha value is -1.08. The van der Waals surface area contributed by atoms with Crippen molar-refractivity contribution in [2.45, 2.75) is 36.4 Å². The van der Waals surface area contributed by atoms with Crippen LogP contribution < -0.4 is 0 Å². The number of thioether (sulfide) groups is 1. The molecule has 7 heteroatoms.